The number of hydrogen-bond acceptors (Lipinski definition) is 2. The van der Waals surface area contributed by atoms with Crippen molar-refractivity contribution < 1.29 is 0 Å². The highest BCUT2D eigenvalue weighted by atomic mass is 15.2. The summed E-state index contributed by atoms with van der Waals surface area (Å²) in [6.07, 6.45) is 0. The van der Waals surface area contributed by atoms with Crippen LogP contribution in [0.4, 0.5) is 0 Å². The van der Waals surface area contributed by atoms with Crippen LogP contribution in [0.3, 0.4) is 0 Å². The number of H-pyrrole nitrogens is 1. The lowest BCUT2D eigenvalue weighted by molar-refractivity contribution is 1.10. The van der Waals surface area contributed by atoms with Gasteiger partial charge in [0.25, 0.3) is 0 Å². The van der Waals surface area contributed by atoms with Crippen molar-refractivity contribution in [3.63, 3.8) is 0 Å². The Bertz CT molecular complexity index is 895. The monoisotopic (exact) mass is 297 g/mol. The molecule has 0 amide bonds. The molecule has 23 heavy (non-hydrogen) atoms. The maximum atomic E-state index is 4.59. The number of benzene rings is 3. The average Bonchev–Trinajstić information content (AvgIpc) is 3.14. The molecule has 4 rings (SSSR count). The van der Waals surface area contributed by atoms with Crippen LogP contribution < -0.4 is 0 Å². The van der Waals surface area contributed by atoms with Crippen molar-refractivity contribution in [2.45, 2.75) is 0 Å². The van der Waals surface area contributed by atoms with Crippen LogP contribution in [0.5, 0.6) is 0 Å². The summed E-state index contributed by atoms with van der Waals surface area (Å²) >= 11 is 0. The fraction of sp³-hybridized carbons (Fsp3) is 0. The van der Waals surface area contributed by atoms with E-state index in [-0.39, 0.29) is 0 Å². The normalized spacial score (nSPS) is 10.6. The Morgan fingerprint density at radius 3 is 1.70 bits per heavy atom. The highest BCUT2D eigenvalue weighted by Gasteiger charge is 2.07. The van der Waals surface area contributed by atoms with E-state index in [0.29, 0.717) is 5.82 Å². The summed E-state index contributed by atoms with van der Waals surface area (Å²) in [5.41, 5.74) is 4.44. The second-order valence-corrected chi connectivity index (χ2v) is 5.32. The minimum absolute atomic E-state index is 0.715. The number of aromatic nitrogens is 3. The van der Waals surface area contributed by atoms with Crippen LogP contribution in [0.25, 0.3) is 33.9 Å². The van der Waals surface area contributed by atoms with Crippen LogP contribution in [0, 0.1) is 0 Å². The summed E-state index contributed by atoms with van der Waals surface area (Å²) < 4.78 is 0. The van der Waals surface area contributed by atoms with Gasteiger partial charge in [0.2, 0.25) is 0 Å². The average molecular weight is 297 g/mol. The molecule has 1 heterocycles. The molecule has 0 saturated carbocycles. The Hall–Kier alpha value is -3.20. The highest BCUT2D eigenvalue weighted by Crippen LogP contribution is 2.24. The van der Waals surface area contributed by atoms with Crippen molar-refractivity contribution in [1.82, 2.24) is 15.2 Å². The summed E-state index contributed by atoms with van der Waals surface area (Å²) in [4.78, 5) is 4.59. The molecule has 0 saturated heterocycles. The van der Waals surface area contributed by atoms with E-state index in [4.69, 9.17) is 0 Å². The number of rotatable bonds is 3. The van der Waals surface area contributed by atoms with Crippen molar-refractivity contribution in [1.29, 1.82) is 0 Å². The summed E-state index contributed by atoms with van der Waals surface area (Å²) in [5.74, 6) is 1.50. The molecule has 1 N–H and O–H groups in total. The van der Waals surface area contributed by atoms with Gasteiger partial charge in [-0.3, -0.25) is 5.10 Å². The van der Waals surface area contributed by atoms with Gasteiger partial charge in [0, 0.05) is 11.1 Å². The Kier molecular flexibility index (Phi) is 3.45. The van der Waals surface area contributed by atoms with Crippen LogP contribution in [-0.4, -0.2) is 15.2 Å². The first-order valence-electron chi connectivity index (χ1n) is 7.54. The zero-order valence-electron chi connectivity index (χ0n) is 12.5. The van der Waals surface area contributed by atoms with Crippen molar-refractivity contribution in [2.24, 2.45) is 0 Å². The standard InChI is InChI=1S/C20H15N3/c1-3-7-15(8-4-1)16-11-13-18(14-12-16)20-21-19(22-23-20)17-9-5-2-6-10-17/h1-14H,(H,21,22,23). The number of hydrogen-bond donors (Lipinski definition) is 1. The Morgan fingerprint density at radius 1 is 0.522 bits per heavy atom. The van der Waals surface area contributed by atoms with Gasteiger partial charge in [-0.25, -0.2) is 4.98 Å². The fourth-order valence-electron chi connectivity index (χ4n) is 2.56. The highest BCUT2D eigenvalue weighted by molar-refractivity contribution is 5.68. The predicted molar refractivity (Wildman–Crippen MR) is 92.7 cm³/mol. The van der Waals surface area contributed by atoms with E-state index < -0.39 is 0 Å². The van der Waals surface area contributed by atoms with E-state index in [2.05, 4.69) is 51.6 Å². The molecule has 0 aliphatic heterocycles. The maximum absolute atomic E-state index is 4.59. The molecular weight excluding hydrogens is 282 g/mol. The zero-order valence-corrected chi connectivity index (χ0v) is 12.5. The quantitative estimate of drug-likeness (QED) is 0.590. The SMILES string of the molecule is c1ccc(-c2ccc(-c3nc(-c4ccccc4)n[nH]3)cc2)cc1. The Labute approximate surface area is 134 Å². The van der Waals surface area contributed by atoms with Crippen LogP contribution in [0.15, 0.2) is 84.9 Å². The molecule has 0 aliphatic rings. The third kappa shape index (κ3) is 2.77. The first-order chi connectivity index (χ1) is 11.4. The van der Waals surface area contributed by atoms with Gasteiger partial charge in [0.15, 0.2) is 11.6 Å². The smallest absolute Gasteiger partial charge is 0.181 e. The van der Waals surface area contributed by atoms with Crippen molar-refractivity contribution in [3.05, 3.63) is 84.9 Å². The zero-order chi connectivity index (χ0) is 15.5. The van der Waals surface area contributed by atoms with Crippen LogP contribution in [0.1, 0.15) is 0 Å². The van der Waals surface area contributed by atoms with Crippen molar-refractivity contribution >= 4 is 0 Å². The summed E-state index contributed by atoms with van der Waals surface area (Å²) in [6, 6.07) is 28.7. The van der Waals surface area contributed by atoms with Crippen LogP contribution in [0.2, 0.25) is 0 Å². The molecule has 3 nitrogen and oxygen atoms in total. The number of nitrogens with one attached hydrogen (secondary N) is 1. The van der Waals surface area contributed by atoms with Crippen LogP contribution >= 0.6 is 0 Å². The van der Waals surface area contributed by atoms with Crippen molar-refractivity contribution in [2.75, 3.05) is 0 Å². The van der Waals surface area contributed by atoms with Gasteiger partial charge in [0.1, 0.15) is 0 Å². The van der Waals surface area contributed by atoms with E-state index in [1.165, 1.54) is 11.1 Å². The third-order valence-electron chi connectivity index (χ3n) is 3.78. The molecule has 0 aliphatic carbocycles. The third-order valence-corrected chi connectivity index (χ3v) is 3.78. The molecule has 1 aromatic heterocycles. The molecule has 110 valence electrons. The van der Waals surface area contributed by atoms with Gasteiger partial charge >= 0.3 is 0 Å². The van der Waals surface area contributed by atoms with Gasteiger partial charge in [-0.15, -0.1) is 0 Å². The van der Waals surface area contributed by atoms with Gasteiger partial charge in [-0.2, -0.15) is 5.10 Å². The van der Waals surface area contributed by atoms with E-state index >= 15 is 0 Å². The second-order valence-electron chi connectivity index (χ2n) is 5.32. The summed E-state index contributed by atoms with van der Waals surface area (Å²) in [5, 5.41) is 7.33. The molecule has 0 fully saturated rings. The minimum atomic E-state index is 0.715. The Balaban J connectivity index is 1.63. The summed E-state index contributed by atoms with van der Waals surface area (Å²) in [6.45, 7) is 0. The molecule has 0 atom stereocenters. The second kappa shape index (κ2) is 5.89. The lowest BCUT2D eigenvalue weighted by Gasteiger charge is -2.02. The first kappa shape index (κ1) is 13.5. The van der Waals surface area contributed by atoms with Gasteiger partial charge < -0.3 is 0 Å². The number of aromatic amines is 1. The number of nitrogens with zero attached hydrogens (tertiary/aromatic N) is 2. The lowest BCUT2D eigenvalue weighted by atomic mass is 10.0. The van der Waals surface area contributed by atoms with Gasteiger partial charge in [0.05, 0.1) is 0 Å². The molecule has 3 aromatic carbocycles. The predicted octanol–water partition coefficient (Wildman–Crippen LogP) is 4.81. The molecule has 0 bridgehead atoms. The Morgan fingerprint density at radius 2 is 1.04 bits per heavy atom. The fourth-order valence-corrected chi connectivity index (χ4v) is 2.56. The topological polar surface area (TPSA) is 41.6 Å². The van der Waals surface area contributed by atoms with Gasteiger partial charge in [-0.1, -0.05) is 84.9 Å². The van der Waals surface area contributed by atoms with E-state index in [9.17, 15) is 0 Å². The van der Waals surface area contributed by atoms with Gasteiger partial charge in [-0.05, 0) is 11.1 Å². The molecule has 0 spiro atoms. The largest absolute Gasteiger partial charge is 0.259 e. The van der Waals surface area contributed by atoms with Crippen LogP contribution in [-0.2, 0) is 0 Å². The molecule has 0 radical (unpaired) electrons. The van der Waals surface area contributed by atoms with E-state index in [1.807, 2.05) is 48.5 Å². The molecule has 3 heteroatoms. The molecule has 4 aromatic rings. The summed E-state index contributed by atoms with van der Waals surface area (Å²) in [7, 11) is 0. The lowest BCUT2D eigenvalue weighted by Crippen LogP contribution is -1.82. The van der Waals surface area contributed by atoms with E-state index in [1.54, 1.807) is 0 Å². The minimum Gasteiger partial charge on any atom is -0.259 e. The molecule has 0 unspecified atom stereocenters. The molecular formula is C20H15N3. The van der Waals surface area contributed by atoms with Crippen molar-refractivity contribution in [3.8, 4) is 33.9 Å². The maximum Gasteiger partial charge on any atom is 0.181 e. The first-order valence-corrected chi connectivity index (χ1v) is 7.54. The van der Waals surface area contributed by atoms with E-state index in [0.717, 1.165) is 17.0 Å².